The summed E-state index contributed by atoms with van der Waals surface area (Å²) in [4.78, 5) is 2.14. The number of halogens is 2. The van der Waals surface area contributed by atoms with Crippen molar-refractivity contribution < 1.29 is 36.6 Å². The van der Waals surface area contributed by atoms with Crippen LogP contribution in [0.5, 0.6) is 5.75 Å². The third kappa shape index (κ3) is 5.94. The first kappa shape index (κ1) is 22.2. The summed E-state index contributed by atoms with van der Waals surface area (Å²) in [5, 5.41) is 0. The molecule has 0 N–H and O–H groups in total. The van der Waals surface area contributed by atoms with E-state index in [9.17, 15) is 0 Å². The molecule has 94 valence electrons. The molecule has 0 saturated heterocycles. The van der Waals surface area contributed by atoms with Crippen LogP contribution in [0.1, 0.15) is 18.1 Å². The van der Waals surface area contributed by atoms with E-state index < -0.39 is 0 Å². The number of hydrogen-bond donors (Lipinski definition) is 0. The second kappa shape index (κ2) is 9.99. The van der Waals surface area contributed by atoms with Gasteiger partial charge in [0.2, 0.25) is 0 Å². The Morgan fingerprint density at radius 2 is 1.53 bits per heavy atom. The number of anilines is 1. The van der Waals surface area contributed by atoms with Crippen molar-refractivity contribution in [1.82, 2.24) is 0 Å². The molecule has 0 heterocycles. The summed E-state index contributed by atoms with van der Waals surface area (Å²) in [5.41, 5.74) is 3.81. The zero-order valence-corrected chi connectivity index (χ0v) is 15.8. The predicted octanol–water partition coefficient (Wildman–Crippen LogP) is 0.191. The van der Waals surface area contributed by atoms with E-state index in [1.807, 2.05) is 6.92 Å². The molecule has 0 spiro atoms. The normalized spacial score (nSPS) is 8.29. The maximum Gasteiger partial charge on any atom is 2.00 e. The number of nitrogens with zero attached hydrogens (tertiary/aromatic N) is 1. The van der Waals surface area contributed by atoms with E-state index in [1.165, 1.54) is 16.8 Å². The molecule has 0 amide bonds. The molecule has 0 bridgehead atoms. The minimum absolute atomic E-state index is 0. The number of rotatable bonds is 3. The van der Waals surface area contributed by atoms with Gasteiger partial charge in [0.1, 0.15) is 5.75 Å². The molecule has 0 aliphatic carbocycles. The van der Waals surface area contributed by atoms with Crippen LogP contribution >= 0.6 is 12.4 Å². The third-order valence-corrected chi connectivity index (χ3v) is 2.22. The minimum Gasteiger partial charge on any atom is -1.00 e. The Labute approximate surface area is 130 Å². The molecule has 0 atom stereocenters. The molecule has 0 aromatic heterocycles. The van der Waals surface area contributed by atoms with Crippen molar-refractivity contribution in [2.75, 3.05) is 25.6 Å². The smallest absolute Gasteiger partial charge is 1.00 e. The van der Waals surface area contributed by atoms with Gasteiger partial charge in [0, 0.05) is 19.8 Å². The fraction of sp³-hybridized carbons (Fsp3) is 0.500. The second-order valence-electron chi connectivity index (χ2n) is 3.73. The van der Waals surface area contributed by atoms with Gasteiger partial charge in [0.15, 0.2) is 0 Å². The van der Waals surface area contributed by atoms with Crippen LogP contribution in [0.3, 0.4) is 0 Å². The Balaban J connectivity index is -0.000000653. The average Bonchev–Trinajstić information content (AvgIpc) is 2.01. The molecule has 2 nitrogen and oxygen atoms in total. The summed E-state index contributed by atoms with van der Waals surface area (Å²) >= 11 is 0. The molecule has 0 unspecified atom stereocenters. The zero-order valence-electron chi connectivity index (χ0n) is 11.2. The van der Waals surface area contributed by atoms with E-state index in [0.29, 0.717) is 0 Å². The molecule has 5 heteroatoms. The summed E-state index contributed by atoms with van der Waals surface area (Å²) < 4.78 is 5.48. The van der Waals surface area contributed by atoms with Gasteiger partial charge in [-0.05, 0) is 44.0 Å². The molecule has 1 rings (SSSR count). The van der Waals surface area contributed by atoms with Crippen molar-refractivity contribution in [2.45, 2.75) is 20.8 Å². The molecule has 0 aliphatic rings. The number of hydrogen-bond acceptors (Lipinski definition) is 2. The topological polar surface area (TPSA) is 12.5 Å². The molecule has 1 aromatic rings. The molecular formula is C12H20Cl2NOZn+. The van der Waals surface area contributed by atoms with E-state index in [0.717, 1.165) is 12.4 Å². The van der Waals surface area contributed by atoms with Gasteiger partial charge < -0.3 is 22.0 Å². The molecule has 0 radical (unpaired) electrons. The fourth-order valence-corrected chi connectivity index (χ4v) is 1.87. The predicted molar refractivity (Wildman–Crippen MR) is 68.7 cm³/mol. The summed E-state index contributed by atoms with van der Waals surface area (Å²) in [6, 6.07) is 4.18. The summed E-state index contributed by atoms with van der Waals surface area (Å²) in [6.45, 7) is 6.96. The zero-order chi connectivity index (χ0) is 10.7. The second-order valence-corrected chi connectivity index (χ2v) is 3.73. The van der Waals surface area contributed by atoms with Gasteiger partial charge >= 0.3 is 19.5 Å². The van der Waals surface area contributed by atoms with Gasteiger partial charge in [-0.15, -0.1) is 12.4 Å². The summed E-state index contributed by atoms with van der Waals surface area (Å²) in [7, 11) is 4.13. The Kier molecular flexibility index (Phi) is 13.1. The standard InChI is InChI=1S/C12H19NO.2ClH.Zn/c1-6-14-11-7-9(2)12(13(4)5)10(3)8-11;;;/h7-8H,6H2,1-5H3;2*1H;/q;;;+2/p-1. The van der Waals surface area contributed by atoms with Gasteiger partial charge in [0.25, 0.3) is 0 Å². The largest absolute Gasteiger partial charge is 2.00 e. The minimum atomic E-state index is 0. The van der Waals surface area contributed by atoms with Crippen molar-refractivity contribution in [3.63, 3.8) is 0 Å². The van der Waals surface area contributed by atoms with Crippen LogP contribution in [0.4, 0.5) is 5.69 Å². The van der Waals surface area contributed by atoms with Crippen LogP contribution in [0.2, 0.25) is 0 Å². The summed E-state index contributed by atoms with van der Waals surface area (Å²) in [5.74, 6) is 0.966. The first-order chi connectivity index (χ1) is 6.56. The van der Waals surface area contributed by atoms with Gasteiger partial charge in [-0.2, -0.15) is 0 Å². The molecule has 0 fully saturated rings. The monoisotopic (exact) mass is 328 g/mol. The van der Waals surface area contributed by atoms with Crippen LogP contribution in [0, 0.1) is 13.8 Å². The molecule has 0 saturated carbocycles. The molecule has 1 aromatic carbocycles. The van der Waals surface area contributed by atoms with Crippen molar-refractivity contribution in [1.29, 1.82) is 0 Å². The Hall–Kier alpha value is 0.0234. The van der Waals surface area contributed by atoms with Crippen molar-refractivity contribution in [3.8, 4) is 5.75 Å². The van der Waals surface area contributed by atoms with E-state index in [1.54, 1.807) is 0 Å². The van der Waals surface area contributed by atoms with E-state index in [-0.39, 0.29) is 44.3 Å². The Morgan fingerprint density at radius 3 is 1.82 bits per heavy atom. The molecular weight excluding hydrogens is 310 g/mol. The Morgan fingerprint density at radius 1 is 1.12 bits per heavy atom. The average molecular weight is 331 g/mol. The van der Waals surface area contributed by atoms with Gasteiger partial charge in [-0.1, -0.05) is 0 Å². The summed E-state index contributed by atoms with van der Waals surface area (Å²) in [6.07, 6.45) is 0. The fourth-order valence-electron chi connectivity index (χ4n) is 1.87. The van der Waals surface area contributed by atoms with E-state index in [2.05, 4.69) is 45.0 Å². The SMILES string of the molecule is CCOc1cc(C)c(N(C)C)c(C)c1.Cl.[Cl-].[Zn+2]. The first-order valence-electron chi connectivity index (χ1n) is 4.97. The van der Waals surface area contributed by atoms with Gasteiger partial charge in [-0.25, -0.2) is 0 Å². The van der Waals surface area contributed by atoms with E-state index in [4.69, 9.17) is 4.74 Å². The number of benzene rings is 1. The first-order valence-corrected chi connectivity index (χ1v) is 4.97. The van der Waals surface area contributed by atoms with Crippen LogP contribution < -0.4 is 22.0 Å². The van der Waals surface area contributed by atoms with Gasteiger partial charge in [-0.3, -0.25) is 0 Å². The maximum absolute atomic E-state index is 5.48. The van der Waals surface area contributed by atoms with Crippen molar-refractivity contribution >= 4 is 18.1 Å². The molecule has 17 heavy (non-hydrogen) atoms. The molecule has 0 aliphatic heterocycles. The van der Waals surface area contributed by atoms with Crippen molar-refractivity contribution in [2.24, 2.45) is 0 Å². The number of aryl methyl sites for hydroxylation is 2. The van der Waals surface area contributed by atoms with E-state index >= 15 is 0 Å². The number of ether oxygens (including phenoxy) is 1. The van der Waals surface area contributed by atoms with Crippen molar-refractivity contribution in [3.05, 3.63) is 23.3 Å². The van der Waals surface area contributed by atoms with Crippen LogP contribution in [0.25, 0.3) is 0 Å². The third-order valence-electron chi connectivity index (χ3n) is 2.22. The Bertz CT molecular complexity index is 309. The van der Waals surface area contributed by atoms with Gasteiger partial charge in [0.05, 0.1) is 6.61 Å². The van der Waals surface area contributed by atoms with Crippen LogP contribution in [-0.2, 0) is 19.5 Å². The maximum atomic E-state index is 5.48. The quantitative estimate of drug-likeness (QED) is 0.734. The van der Waals surface area contributed by atoms with Crippen LogP contribution in [-0.4, -0.2) is 20.7 Å². The van der Waals surface area contributed by atoms with Crippen LogP contribution in [0.15, 0.2) is 12.1 Å².